The van der Waals surface area contributed by atoms with E-state index in [2.05, 4.69) is 28.8 Å². The van der Waals surface area contributed by atoms with E-state index < -0.39 is 6.10 Å². The summed E-state index contributed by atoms with van der Waals surface area (Å²) in [4.78, 5) is 7.87. The minimum absolute atomic E-state index is 0.0642. The summed E-state index contributed by atoms with van der Waals surface area (Å²) in [6.45, 7) is 6.20. The van der Waals surface area contributed by atoms with Gasteiger partial charge in [0, 0.05) is 31.1 Å². The Morgan fingerprint density at radius 1 is 1.24 bits per heavy atom. The molecule has 0 spiro atoms. The minimum Gasteiger partial charge on any atom is -0.390 e. The maximum atomic E-state index is 10.4. The minimum atomic E-state index is -0.586. The zero-order valence-corrected chi connectivity index (χ0v) is 17.2. The summed E-state index contributed by atoms with van der Waals surface area (Å²) in [5, 5.41) is 15.3. The van der Waals surface area contributed by atoms with Gasteiger partial charge in [0.2, 0.25) is 0 Å². The Labute approximate surface area is 177 Å². The molecule has 1 N–H and O–H groups in total. The molecule has 5 nitrogen and oxygen atoms in total. The van der Waals surface area contributed by atoms with Crippen LogP contribution in [0.2, 0.25) is 5.02 Å². The number of oxime groups is 1. The van der Waals surface area contributed by atoms with Gasteiger partial charge in [0.15, 0.2) is 0 Å². The zero-order chi connectivity index (χ0) is 20.5. The smallest absolute Gasteiger partial charge is 0.145 e. The lowest BCUT2D eigenvalue weighted by molar-refractivity contribution is 0.00336. The van der Waals surface area contributed by atoms with E-state index in [1.807, 2.05) is 42.5 Å². The predicted octanol–water partition coefficient (Wildman–Crippen LogP) is 3.90. The molecular weight excluding hydrogens is 388 g/mol. The lowest BCUT2D eigenvalue weighted by Crippen LogP contribution is -2.39. The van der Waals surface area contributed by atoms with Crippen molar-refractivity contribution in [3.63, 3.8) is 0 Å². The molecule has 2 aromatic rings. The second-order valence-corrected chi connectivity index (χ2v) is 7.57. The number of benzene rings is 2. The van der Waals surface area contributed by atoms with Gasteiger partial charge in [-0.2, -0.15) is 0 Å². The molecule has 0 saturated carbocycles. The van der Waals surface area contributed by atoms with Crippen molar-refractivity contribution < 1.29 is 14.7 Å². The van der Waals surface area contributed by atoms with E-state index in [0.29, 0.717) is 24.7 Å². The van der Waals surface area contributed by atoms with Crippen molar-refractivity contribution in [3.8, 4) is 0 Å². The summed E-state index contributed by atoms with van der Waals surface area (Å²) >= 11 is 5.97. The van der Waals surface area contributed by atoms with Gasteiger partial charge in [-0.15, -0.1) is 6.58 Å². The van der Waals surface area contributed by atoms with Crippen LogP contribution >= 0.6 is 11.6 Å². The molecule has 3 rings (SSSR count). The Hall–Kier alpha value is -2.18. The van der Waals surface area contributed by atoms with E-state index in [1.54, 1.807) is 6.08 Å². The standard InChI is InChI=1S/C23H27ClN2O3/c1-2-12-28-17-21(27)15-26(14-18-6-4-3-5-7-18)16-22-13-23(25-29-22)19-8-10-20(24)11-9-19/h2-11,21-22,27H,1,12-17H2/t21-,22-/m1/s1. The number of halogens is 1. The maximum Gasteiger partial charge on any atom is 0.145 e. The predicted molar refractivity (Wildman–Crippen MR) is 116 cm³/mol. The van der Waals surface area contributed by atoms with E-state index in [0.717, 1.165) is 24.2 Å². The second-order valence-electron chi connectivity index (χ2n) is 7.14. The van der Waals surface area contributed by atoms with E-state index >= 15 is 0 Å². The monoisotopic (exact) mass is 414 g/mol. The molecule has 0 aliphatic carbocycles. The third-order valence-corrected chi connectivity index (χ3v) is 4.89. The van der Waals surface area contributed by atoms with Crippen LogP contribution in [0.5, 0.6) is 0 Å². The van der Waals surface area contributed by atoms with Gasteiger partial charge in [0.05, 0.1) is 25.0 Å². The molecule has 6 heteroatoms. The highest BCUT2D eigenvalue weighted by molar-refractivity contribution is 6.30. The van der Waals surface area contributed by atoms with Gasteiger partial charge < -0.3 is 14.7 Å². The van der Waals surface area contributed by atoms with Gasteiger partial charge in [-0.25, -0.2) is 0 Å². The summed E-state index contributed by atoms with van der Waals surface area (Å²) in [7, 11) is 0. The highest BCUT2D eigenvalue weighted by atomic mass is 35.5. The Kier molecular flexibility index (Phi) is 8.25. The third kappa shape index (κ3) is 6.98. The van der Waals surface area contributed by atoms with Crippen LogP contribution in [0.15, 0.2) is 72.4 Å². The molecule has 2 aromatic carbocycles. The van der Waals surface area contributed by atoms with Gasteiger partial charge in [-0.05, 0) is 23.3 Å². The number of ether oxygens (including phenoxy) is 1. The first-order valence-electron chi connectivity index (χ1n) is 9.75. The van der Waals surface area contributed by atoms with Gasteiger partial charge in [0.1, 0.15) is 6.10 Å². The van der Waals surface area contributed by atoms with E-state index in [4.69, 9.17) is 21.2 Å². The molecule has 1 aliphatic rings. The average Bonchev–Trinajstić information content (AvgIpc) is 3.18. The molecule has 154 valence electrons. The number of nitrogens with zero attached hydrogens (tertiary/aromatic N) is 2. The molecule has 0 saturated heterocycles. The van der Waals surface area contributed by atoms with Crippen LogP contribution in [0.25, 0.3) is 0 Å². The third-order valence-electron chi connectivity index (χ3n) is 4.64. The quantitative estimate of drug-likeness (QED) is 0.447. The SMILES string of the molecule is C=CCOC[C@H](O)CN(Cc1ccccc1)C[C@H]1CC(c2ccc(Cl)cc2)=NO1. The van der Waals surface area contributed by atoms with Crippen LogP contribution in [0.1, 0.15) is 17.5 Å². The van der Waals surface area contributed by atoms with Crippen molar-refractivity contribution >= 4 is 17.3 Å². The summed E-state index contributed by atoms with van der Waals surface area (Å²) in [6, 6.07) is 17.8. The van der Waals surface area contributed by atoms with Crippen molar-refractivity contribution in [2.24, 2.45) is 5.16 Å². The molecule has 0 bridgehead atoms. The van der Waals surface area contributed by atoms with Gasteiger partial charge in [0.25, 0.3) is 0 Å². The summed E-state index contributed by atoms with van der Waals surface area (Å²) < 4.78 is 5.39. The highest BCUT2D eigenvalue weighted by Crippen LogP contribution is 2.20. The normalized spacial score (nSPS) is 17.1. The molecule has 0 radical (unpaired) electrons. The van der Waals surface area contributed by atoms with Crippen LogP contribution in [-0.2, 0) is 16.1 Å². The molecule has 1 heterocycles. The molecule has 0 amide bonds. The van der Waals surface area contributed by atoms with Crippen molar-refractivity contribution in [1.29, 1.82) is 0 Å². The Bertz CT molecular complexity index is 796. The van der Waals surface area contributed by atoms with Crippen molar-refractivity contribution in [2.75, 3.05) is 26.3 Å². The molecule has 1 aliphatic heterocycles. The van der Waals surface area contributed by atoms with Crippen LogP contribution < -0.4 is 0 Å². The maximum absolute atomic E-state index is 10.4. The van der Waals surface area contributed by atoms with Crippen molar-refractivity contribution in [3.05, 3.63) is 83.4 Å². The first kappa shape index (κ1) is 21.5. The fourth-order valence-corrected chi connectivity index (χ4v) is 3.44. The Balaban J connectivity index is 1.58. The van der Waals surface area contributed by atoms with Gasteiger partial charge >= 0.3 is 0 Å². The topological polar surface area (TPSA) is 54.3 Å². The summed E-state index contributed by atoms with van der Waals surface area (Å²) in [5.74, 6) is 0. The molecule has 0 fully saturated rings. The highest BCUT2D eigenvalue weighted by Gasteiger charge is 2.25. The van der Waals surface area contributed by atoms with Crippen LogP contribution in [0, 0.1) is 0 Å². The average molecular weight is 415 g/mol. The number of hydrogen-bond acceptors (Lipinski definition) is 5. The van der Waals surface area contributed by atoms with Crippen LogP contribution in [0.4, 0.5) is 0 Å². The Morgan fingerprint density at radius 2 is 2.00 bits per heavy atom. The summed E-state index contributed by atoms with van der Waals surface area (Å²) in [5.41, 5.74) is 3.12. The fraction of sp³-hybridized carbons (Fsp3) is 0.348. The lowest BCUT2D eigenvalue weighted by atomic mass is 10.0. The Morgan fingerprint density at radius 3 is 2.72 bits per heavy atom. The first-order chi connectivity index (χ1) is 14.1. The van der Waals surface area contributed by atoms with E-state index in [-0.39, 0.29) is 12.7 Å². The van der Waals surface area contributed by atoms with E-state index in [9.17, 15) is 5.11 Å². The van der Waals surface area contributed by atoms with E-state index in [1.165, 1.54) is 5.56 Å². The number of rotatable bonds is 11. The van der Waals surface area contributed by atoms with Gasteiger partial charge in [-0.3, -0.25) is 4.90 Å². The number of hydrogen-bond donors (Lipinski definition) is 1. The zero-order valence-electron chi connectivity index (χ0n) is 16.4. The largest absolute Gasteiger partial charge is 0.390 e. The fourth-order valence-electron chi connectivity index (χ4n) is 3.31. The first-order valence-corrected chi connectivity index (χ1v) is 10.1. The lowest BCUT2D eigenvalue weighted by Gasteiger charge is -2.27. The summed E-state index contributed by atoms with van der Waals surface area (Å²) in [6.07, 6.45) is 1.74. The number of aliphatic hydroxyl groups excluding tert-OH is 1. The number of aliphatic hydroxyl groups is 1. The molecule has 0 aromatic heterocycles. The van der Waals surface area contributed by atoms with Crippen molar-refractivity contribution in [2.45, 2.75) is 25.2 Å². The molecule has 2 atom stereocenters. The van der Waals surface area contributed by atoms with Crippen LogP contribution in [0.3, 0.4) is 0 Å². The second kappa shape index (κ2) is 11.1. The molecule has 0 unspecified atom stereocenters. The molecular formula is C23H27ClN2O3. The van der Waals surface area contributed by atoms with Gasteiger partial charge in [-0.1, -0.05) is 65.3 Å². The van der Waals surface area contributed by atoms with Crippen LogP contribution in [-0.4, -0.2) is 54.2 Å². The molecule has 29 heavy (non-hydrogen) atoms. The van der Waals surface area contributed by atoms with Crippen molar-refractivity contribution in [1.82, 2.24) is 4.90 Å².